The van der Waals surface area contributed by atoms with Crippen LogP contribution in [0.4, 0.5) is 5.69 Å². The summed E-state index contributed by atoms with van der Waals surface area (Å²) in [7, 11) is 0. The van der Waals surface area contributed by atoms with E-state index in [0.717, 1.165) is 18.0 Å². The van der Waals surface area contributed by atoms with Crippen molar-refractivity contribution in [2.75, 3.05) is 12.3 Å². The topological polar surface area (TPSA) is 35.2 Å². The summed E-state index contributed by atoms with van der Waals surface area (Å²) in [5, 5.41) is 0. The maximum atomic E-state index is 5.65. The maximum Gasteiger partial charge on any atom is 0.119 e. The minimum absolute atomic E-state index is 0.660. The minimum Gasteiger partial charge on any atom is -0.493 e. The maximum absolute atomic E-state index is 5.65. The van der Waals surface area contributed by atoms with Crippen LogP contribution in [0.1, 0.15) is 26.7 Å². The van der Waals surface area contributed by atoms with Gasteiger partial charge in [-0.2, -0.15) is 0 Å². The van der Waals surface area contributed by atoms with Crippen LogP contribution in [0.3, 0.4) is 0 Å². The SMILES string of the molecule is CCC(CC)COc1ccc(N)cc1. The zero-order chi connectivity index (χ0) is 10.4. The highest BCUT2D eigenvalue weighted by Crippen LogP contribution is 2.15. The molecule has 0 saturated carbocycles. The standard InChI is InChI=1S/C12H19NO/c1-3-10(4-2)9-14-12-7-5-11(13)6-8-12/h5-8,10H,3-4,9,13H2,1-2H3. The Morgan fingerprint density at radius 1 is 1.14 bits per heavy atom. The average Bonchev–Trinajstić information content (AvgIpc) is 2.22. The minimum atomic E-state index is 0.660. The monoisotopic (exact) mass is 193 g/mol. The number of rotatable bonds is 5. The molecule has 0 unspecified atom stereocenters. The quantitative estimate of drug-likeness (QED) is 0.729. The van der Waals surface area contributed by atoms with Crippen molar-refractivity contribution in [2.45, 2.75) is 26.7 Å². The summed E-state index contributed by atoms with van der Waals surface area (Å²) < 4.78 is 5.65. The molecule has 0 bridgehead atoms. The van der Waals surface area contributed by atoms with Crippen LogP contribution >= 0.6 is 0 Å². The fourth-order valence-electron chi connectivity index (χ4n) is 1.30. The van der Waals surface area contributed by atoms with E-state index in [4.69, 9.17) is 10.5 Å². The first-order chi connectivity index (χ1) is 6.76. The Hall–Kier alpha value is -1.18. The van der Waals surface area contributed by atoms with Crippen LogP contribution in [0.2, 0.25) is 0 Å². The van der Waals surface area contributed by atoms with Gasteiger partial charge in [-0.3, -0.25) is 0 Å². The molecule has 78 valence electrons. The molecule has 1 aromatic carbocycles. The van der Waals surface area contributed by atoms with Crippen LogP contribution in [0.15, 0.2) is 24.3 Å². The summed E-state index contributed by atoms with van der Waals surface area (Å²) in [4.78, 5) is 0. The van der Waals surface area contributed by atoms with E-state index in [-0.39, 0.29) is 0 Å². The zero-order valence-electron chi connectivity index (χ0n) is 8.99. The lowest BCUT2D eigenvalue weighted by Crippen LogP contribution is -2.09. The lowest BCUT2D eigenvalue weighted by Gasteiger charge is -2.13. The van der Waals surface area contributed by atoms with Gasteiger partial charge >= 0.3 is 0 Å². The third-order valence-corrected chi connectivity index (χ3v) is 2.52. The van der Waals surface area contributed by atoms with Gasteiger partial charge in [-0.15, -0.1) is 0 Å². The second kappa shape index (κ2) is 5.53. The molecule has 2 heteroatoms. The molecule has 2 N–H and O–H groups in total. The van der Waals surface area contributed by atoms with Crippen LogP contribution in [0.5, 0.6) is 5.75 Å². The normalized spacial score (nSPS) is 10.5. The summed E-state index contributed by atoms with van der Waals surface area (Å²) >= 11 is 0. The molecular weight excluding hydrogens is 174 g/mol. The molecule has 1 rings (SSSR count). The van der Waals surface area contributed by atoms with E-state index in [0.29, 0.717) is 5.92 Å². The first kappa shape index (κ1) is 10.9. The van der Waals surface area contributed by atoms with Gasteiger partial charge < -0.3 is 10.5 Å². The fourth-order valence-corrected chi connectivity index (χ4v) is 1.30. The van der Waals surface area contributed by atoms with Crippen molar-refractivity contribution in [3.05, 3.63) is 24.3 Å². The molecule has 14 heavy (non-hydrogen) atoms. The van der Waals surface area contributed by atoms with E-state index in [9.17, 15) is 0 Å². The third-order valence-electron chi connectivity index (χ3n) is 2.52. The lowest BCUT2D eigenvalue weighted by atomic mass is 10.1. The van der Waals surface area contributed by atoms with Crippen LogP contribution in [0, 0.1) is 5.92 Å². The molecule has 0 aliphatic carbocycles. The van der Waals surface area contributed by atoms with Gasteiger partial charge in [0, 0.05) is 5.69 Å². The molecule has 1 aromatic rings. The molecule has 0 amide bonds. The second-order valence-electron chi connectivity index (χ2n) is 3.56. The number of hydrogen-bond acceptors (Lipinski definition) is 2. The van der Waals surface area contributed by atoms with E-state index in [1.807, 2.05) is 24.3 Å². The summed E-state index contributed by atoms with van der Waals surface area (Å²) in [6, 6.07) is 7.56. The predicted molar refractivity (Wildman–Crippen MR) is 60.4 cm³/mol. The molecular formula is C12H19NO. The van der Waals surface area contributed by atoms with Crippen molar-refractivity contribution >= 4 is 5.69 Å². The van der Waals surface area contributed by atoms with Gasteiger partial charge in [0.05, 0.1) is 6.61 Å². The number of hydrogen-bond donors (Lipinski definition) is 1. The summed E-state index contributed by atoms with van der Waals surface area (Å²) in [6.07, 6.45) is 2.34. The van der Waals surface area contributed by atoms with Crippen molar-refractivity contribution in [2.24, 2.45) is 5.92 Å². The van der Waals surface area contributed by atoms with Crippen LogP contribution < -0.4 is 10.5 Å². The van der Waals surface area contributed by atoms with Crippen LogP contribution in [0.25, 0.3) is 0 Å². The van der Waals surface area contributed by atoms with Gasteiger partial charge in [0.2, 0.25) is 0 Å². The van der Waals surface area contributed by atoms with E-state index in [1.165, 1.54) is 12.8 Å². The molecule has 0 fully saturated rings. The molecule has 0 heterocycles. The highest BCUT2D eigenvalue weighted by molar-refractivity contribution is 5.41. The Bertz CT molecular complexity index is 252. The zero-order valence-corrected chi connectivity index (χ0v) is 8.99. The molecule has 0 saturated heterocycles. The Morgan fingerprint density at radius 2 is 1.71 bits per heavy atom. The number of benzene rings is 1. The van der Waals surface area contributed by atoms with Crippen molar-refractivity contribution < 1.29 is 4.74 Å². The first-order valence-corrected chi connectivity index (χ1v) is 5.24. The van der Waals surface area contributed by atoms with E-state index >= 15 is 0 Å². The molecule has 0 atom stereocenters. The van der Waals surface area contributed by atoms with Crippen molar-refractivity contribution in [3.8, 4) is 5.75 Å². The van der Waals surface area contributed by atoms with E-state index < -0.39 is 0 Å². The molecule has 0 aliphatic heterocycles. The fraction of sp³-hybridized carbons (Fsp3) is 0.500. The summed E-state index contributed by atoms with van der Waals surface area (Å²) in [6.45, 7) is 5.19. The van der Waals surface area contributed by atoms with Crippen molar-refractivity contribution in [1.82, 2.24) is 0 Å². The number of nitrogen functional groups attached to an aromatic ring is 1. The molecule has 2 nitrogen and oxygen atoms in total. The lowest BCUT2D eigenvalue weighted by molar-refractivity contribution is 0.240. The van der Waals surface area contributed by atoms with Crippen LogP contribution in [-0.2, 0) is 0 Å². The Balaban J connectivity index is 2.41. The number of ether oxygens (including phenoxy) is 1. The smallest absolute Gasteiger partial charge is 0.119 e. The highest BCUT2D eigenvalue weighted by Gasteiger charge is 2.03. The van der Waals surface area contributed by atoms with Gasteiger partial charge in [0.15, 0.2) is 0 Å². The van der Waals surface area contributed by atoms with E-state index in [1.54, 1.807) is 0 Å². The van der Waals surface area contributed by atoms with E-state index in [2.05, 4.69) is 13.8 Å². The first-order valence-electron chi connectivity index (χ1n) is 5.24. The van der Waals surface area contributed by atoms with Crippen LogP contribution in [-0.4, -0.2) is 6.61 Å². The van der Waals surface area contributed by atoms with Gasteiger partial charge in [0.25, 0.3) is 0 Å². The summed E-state index contributed by atoms with van der Waals surface area (Å²) in [5.74, 6) is 1.57. The predicted octanol–water partition coefficient (Wildman–Crippen LogP) is 3.08. The molecule has 0 aromatic heterocycles. The Morgan fingerprint density at radius 3 is 2.21 bits per heavy atom. The largest absolute Gasteiger partial charge is 0.493 e. The number of anilines is 1. The third kappa shape index (κ3) is 3.29. The molecule has 0 spiro atoms. The van der Waals surface area contributed by atoms with Gasteiger partial charge in [-0.25, -0.2) is 0 Å². The average molecular weight is 193 g/mol. The Kier molecular flexibility index (Phi) is 4.30. The van der Waals surface area contributed by atoms with Gasteiger partial charge in [-0.05, 0) is 30.2 Å². The molecule has 0 aliphatic rings. The van der Waals surface area contributed by atoms with Gasteiger partial charge in [0.1, 0.15) is 5.75 Å². The molecule has 0 radical (unpaired) electrons. The van der Waals surface area contributed by atoms with Crippen molar-refractivity contribution in [1.29, 1.82) is 0 Å². The summed E-state index contributed by atoms with van der Waals surface area (Å²) in [5.41, 5.74) is 6.36. The second-order valence-corrected chi connectivity index (χ2v) is 3.56. The highest BCUT2D eigenvalue weighted by atomic mass is 16.5. The number of nitrogens with two attached hydrogens (primary N) is 1. The Labute approximate surface area is 86.1 Å². The van der Waals surface area contributed by atoms with Gasteiger partial charge in [-0.1, -0.05) is 26.7 Å². The van der Waals surface area contributed by atoms with Crippen molar-refractivity contribution in [3.63, 3.8) is 0 Å².